The first kappa shape index (κ1) is 20.4. The van der Waals surface area contributed by atoms with Gasteiger partial charge in [0.2, 0.25) is 11.0 Å². The van der Waals surface area contributed by atoms with Gasteiger partial charge in [-0.15, -0.1) is 10.2 Å². The second-order valence-corrected chi connectivity index (χ2v) is 8.83. The van der Waals surface area contributed by atoms with E-state index in [-0.39, 0.29) is 11.9 Å². The fourth-order valence-corrected chi connectivity index (χ4v) is 4.20. The minimum atomic E-state index is -0.0232. The van der Waals surface area contributed by atoms with Crippen molar-refractivity contribution in [2.75, 3.05) is 11.1 Å². The Bertz CT molecular complexity index is 927. The van der Waals surface area contributed by atoms with Gasteiger partial charge in [0.1, 0.15) is 0 Å². The van der Waals surface area contributed by atoms with Gasteiger partial charge in [0.05, 0.1) is 11.8 Å². The van der Waals surface area contributed by atoms with Gasteiger partial charge in [-0.3, -0.25) is 4.79 Å². The number of nitrogens with one attached hydrogen (secondary N) is 2. The summed E-state index contributed by atoms with van der Waals surface area (Å²) in [6.07, 6.45) is 0. The summed E-state index contributed by atoms with van der Waals surface area (Å²) in [5, 5.41) is 15.4. The van der Waals surface area contributed by atoms with Gasteiger partial charge < -0.3 is 10.6 Å². The summed E-state index contributed by atoms with van der Waals surface area (Å²) in [5.41, 5.74) is 4.79. The Morgan fingerprint density at radius 1 is 1.11 bits per heavy atom. The summed E-state index contributed by atoms with van der Waals surface area (Å²) in [6.45, 7) is 6.88. The molecule has 0 bridgehead atoms. The number of benzene rings is 2. The molecule has 3 rings (SSSR count). The summed E-state index contributed by atoms with van der Waals surface area (Å²) in [4.78, 5) is 12.3. The molecule has 0 fully saturated rings. The van der Waals surface area contributed by atoms with E-state index < -0.39 is 0 Å². The first-order chi connectivity index (χ1) is 13.5. The van der Waals surface area contributed by atoms with Crippen LogP contribution in [0.2, 0.25) is 0 Å². The minimum Gasteiger partial charge on any atom is -0.356 e. The van der Waals surface area contributed by atoms with Crippen LogP contribution >= 0.6 is 23.1 Å². The minimum absolute atomic E-state index is 0.00952. The molecule has 1 amide bonds. The van der Waals surface area contributed by atoms with E-state index in [4.69, 9.17) is 0 Å². The van der Waals surface area contributed by atoms with Gasteiger partial charge in [0.15, 0.2) is 4.34 Å². The van der Waals surface area contributed by atoms with E-state index in [1.165, 1.54) is 39.8 Å². The van der Waals surface area contributed by atoms with Crippen LogP contribution in [0.1, 0.15) is 35.2 Å². The van der Waals surface area contributed by atoms with Crippen LogP contribution in [0.15, 0.2) is 52.9 Å². The van der Waals surface area contributed by atoms with E-state index in [0.29, 0.717) is 12.3 Å². The van der Waals surface area contributed by atoms with Gasteiger partial charge in [-0.25, -0.2) is 0 Å². The molecule has 1 aromatic heterocycles. The van der Waals surface area contributed by atoms with Crippen LogP contribution in [-0.2, 0) is 11.3 Å². The number of thioether (sulfide) groups is 1. The number of hydrogen-bond donors (Lipinski definition) is 2. The van der Waals surface area contributed by atoms with Crippen molar-refractivity contribution < 1.29 is 4.79 Å². The lowest BCUT2D eigenvalue weighted by Crippen LogP contribution is -2.28. The Morgan fingerprint density at radius 2 is 1.89 bits per heavy atom. The Morgan fingerprint density at radius 3 is 2.64 bits per heavy atom. The lowest BCUT2D eigenvalue weighted by atomic mass is 10.0. The van der Waals surface area contributed by atoms with Crippen LogP contribution in [0, 0.1) is 13.8 Å². The number of aryl methyl sites for hydroxylation is 2. The highest BCUT2D eigenvalue weighted by Gasteiger charge is 2.12. The fourth-order valence-electron chi connectivity index (χ4n) is 2.64. The Hall–Kier alpha value is -2.38. The van der Waals surface area contributed by atoms with E-state index >= 15 is 0 Å². The van der Waals surface area contributed by atoms with Gasteiger partial charge >= 0.3 is 0 Å². The molecule has 0 unspecified atom stereocenters. The maximum atomic E-state index is 12.3. The largest absolute Gasteiger partial charge is 0.356 e. The first-order valence-corrected chi connectivity index (χ1v) is 10.9. The van der Waals surface area contributed by atoms with Crippen molar-refractivity contribution in [3.05, 3.63) is 70.8 Å². The van der Waals surface area contributed by atoms with Crippen molar-refractivity contribution in [2.24, 2.45) is 0 Å². The Labute approximate surface area is 174 Å². The zero-order valence-corrected chi connectivity index (χ0v) is 17.9. The number of rotatable bonds is 8. The third kappa shape index (κ3) is 5.81. The van der Waals surface area contributed by atoms with Gasteiger partial charge in [-0.05, 0) is 43.0 Å². The highest BCUT2D eigenvalue weighted by atomic mass is 32.2. The van der Waals surface area contributed by atoms with Crippen LogP contribution in [0.4, 0.5) is 5.13 Å². The normalized spacial score (nSPS) is 11.8. The number of aromatic nitrogens is 2. The summed E-state index contributed by atoms with van der Waals surface area (Å²) in [7, 11) is 0. The molecular weight excluding hydrogens is 388 g/mol. The van der Waals surface area contributed by atoms with Crippen LogP contribution in [0.25, 0.3) is 0 Å². The van der Waals surface area contributed by atoms with Crippen LogP contribution in [0.5, 0.6) is 0 Å². The average Bonchev–Trinajstić information content (AvgIpc) is 3.15. The molecule has 146 valence electrons. The van der Waals surface area contributed by atoms with Gasteiger partial charge in [-0.1, -0.05) is 71.6 Å². The lowest BCUT2D eigenvalue weighted by Gasteiger charge is -2.15. The second-order valence-electron chi connectivity index (χ2n) is 6.63. The zero-order valence-electron chi connectivity index (χ0n) is 16.2. The summed E-state index contributed by atoms with van der Waals surface area (Å²) in [6, 6.07) is 16.4. The molecule has 5 nitrogen and oxygen atoms in total. The topological polar surface area (TPSA) is 66.9 Å². The van der Waals surface area contributed by atoms with Crippen molar-refractivity contribution in [1.29, 1.82) is 0 Å². The molecule has 1 heterocycles. The quantitative estimate of drug-likeness (QED) is 0.523. The standard InChI is InChI=1S/C21H24N4OS2/c1-14-9-10-18(11-15(14)2)16(3)23-19(26)13-27-21-25-24-20(28-21)22-12-17-7-5-4-6-8-17/h4-11,16H,12-13H2,1-3H3,(H,22,24)(H,23,26)/t16-/m1/s1. The molecule has 28 heavy (non-hydrogen) atoms. The maximum Gasteiger partial charge on any atom is 0.230 e. The van der Waals surface area contributed by atoms with Crippen LogP contribution in [-0.4, -0.2) is 21.9 Å². The molecule has 0 saturated carbocycles. The van der Waals surface area contributed by atoms with Gasteiger partial charge in [-0.2, -0.15) is 0 Å². The third-order valence-electron chi connectivity index (χ3n) is 4.43. The van der Waals surface area contributed by atoms with E-state index in [9.17, 15) is 4.79 Å². The molecule has 0 saturated heterocycles. The van der Waals surface area contributed by atoms with Crippen molar-refractivity contribution >= 4 is 34.1 Å². The molecule has 1 atom stereocenters. The van der Waals surface area contributed by atoms with Gasteiger partial charge in [0, 0.05) is 6.54 Å². The third-order valence-corrected chi connectivity index (χ3v) is 6.44. The zero-order chi connectivity index (χ0) is 19.9. The lowest BCUT2D eigenvalue weighted by molar-refractivity contribution is -0.119. The highest BCUT2D eigenvalue weighted by molar-refractivity contribution is 8.01. The molecule has 0 radical (unpaired) electrons. The number of carbonyl (C=O) groups is 1. The highest BCUT2D eigenvalue weighted by Crippen LogP contribution is 2.26. The summed E-state index contributed by atoms with van der Waals surface area (Å²) in [5.74, 6) is 0.312. The molecule has 7 heteroatoms. The molecule has 0 aliphatic rings. The van der Waals surface area contributed by atoms with Gasteiger partial charge in [0.25, 0.3) is 0 Å². The molecule has 2 aromatic carbocycles. The number of hydrogen-bond acceptors (Lipinski definition) is 6. The average molecular weight is 413 g/mol. The van der Waals surface area contributed by atoms with Crippen molar-refractivity contribution in [1.82, 2.24) is 15.5 Å². The van der Waals surface area contributed by atoms with E-state index in [0.717, 1.165) is 15.0 Å². The van der Waals surface area contributed by atoms with E-state index in [1.807, 2.05) is 25.1 Å². The molecule has 0 spiro atoms. The van der Waals surface area contributed by atoms with E-state index in [2.05, 4.69) is 65.0 Å². The van der Waals surface area contributed by atoms with Crippen LogP contribution < -0.4 is 10.6 Å². The fraction of sp³-hybridized carbons (Fsp3) is 0.286. The molecule has 2 N–H and O–H groups in total. The van der Waals surface area contributed by atoms with Crippen LogP contribution in [0.3, 0.4) is 0 Å². The monoisotopic (exact) mass is 412 g/mol. The number of nitrogens with zero attached hydrogens (tertiary/aromatic N) is 2. The summed E-state index contributed by atoms with van der Waals surface area (Å²) >= 11 is 2.87. The van der Waals surface area contributed by atoms with E-state index in [1.54, 1.807) is 0 Å². The molecular formula is C21H24N4OS2. The molecule has 3 aromatic rings. The number of carbonyl (C=O) groups excluding carboxylic acids is 1. The Balaban J connectivity index is 1.45. The number of amides is 1. The Kier molecular flexibility index (Phi) is 7.06. The first-order valence-electron chi connectivity index (χ1n) is 9.12. The maximum absolute atomic E-state index is 12.3. The predicted molar refractivity (Wildman–Crippen MR) is 117 cm³/mol. The molecule has 0 aliphatic heterocycles. The predicted octanol–water partition coefficient (Wildman–Crippen LogP) is 4.74. The van der Waals surface area contributed by atoms with Crippen molar-refractivity contribution in [3.8, 4) is 0 Å². The number of anilines is 1. The SMILES string of the molecule is Cc1ccc([C@@H](C)NC(=O)CSc2nnc(NCc3ccccc3)s2)cc1C. The van der Waals surface area contributed by atoms with Crippen molar-refractivity contribution in [3.63, 3.8) is 0 Å². The van der Waals surface area contributed by atoms with Crippen molar-refractivity contribution in [2.45, 2.75) is 37.7 Å². The second kappa shape index (κ2) is 9.71. The smallest absolute Gasteiger partial charge is 0.230 e. The summed E-state index contributed by atoms with van der Waals surface area (Å²) < 4.78 is 0.782. The molecule has 0 aliphatic carbocycles.